The molecule has 0 radical (unpaired) electrons. The number of rotatable bonds is 7. The fourth-order valence-corrected chi connectivity index (χ4v) is 1.86. The Hall–Kier alpha value is -3.63. The number of H-pyrrole nitrogens is 2. The highest BCUT2D eigenvalue weighted by molar-refractivity contribution is 5.87. The zero-order valence-electron chi connectivity index (χ0n) is 13.5. The number of nitrogens with one attached hydrogen (secondary N) is 4. The summed E-state index contributed by atoms with van der Waals surface area (Å²) in [5, 5.41) is 11.8. The van der Waals surface area contributed by atoms with E-state index in [0.717, 1.165) is 0 Å². The van der Waals surface area contributed by atoms with E-state index in [1.807, 2.05) is 10.1 Å². The van der Waals surface area contributed by atoms with E-state index in [4.69, 9.17) is 9.47 Å². The van der Waals surface area contributed by atoms with Crippen molar-refractivity contribution < 1.29 is 14.3 Å². The number of nitrogens with zero attached hydrogens (tertiary/aromatic N) is 2. The number of anilines is 1. The molecule has 1 aromatic carbocycles. The van der Waals surface area contributed by atoms with E-state index in [9.17, 15) is 14.4 Å². The van der Waals surface area contributed by atoms with Gasteiger partial charge in [0.05, 0.1) is 27.0 Å². The van der Waals surface area contributed by atoms with Gasteiger partial charge in [0, 0.05) is 5.56 Å². The Bertz CT molecular complexity index is 888. The molecule has 0 fully saturated rings. The Morgan fingerprint density at radius 3 is 2.80 bits per heavy atom. The topological polar surface area (TPSA) is 151 Å². The molecule has 132 valence electrons. The molecule has 11 nitrogen and oxygen atoms in total. The molecule has 1 amide bonds. The van der Waals surface area contributed by atoms with Crippen molar-refractivity contribution in [2.45, 2.75) is 0 Å². The van der Waals surface area contributed by atoms with Crippen LogP contribution >= 0.6 is 0 Å². The molecule has 11 heteroatoms. The Balaban J connectivity index is 1.95. The summed E-state index contributed by atoms with van der Waals surface area (Å²) in [6, 6.07) is 5.21. The third kappa shape index (κ3) is 4.67. The molecule has 0 saturated carbocycles. The fraction of sp³-hybridized carbons (Fsp3) is 0.214. The summed E-state index contributed by atoms with van der Waals surface area (Å²) < 4.78 is 10.4. The van der Waals surface area contributed by atoms with Crippen molar-refractivity contribution in [2.24, 2.45) is 5.10 Å². The predicted molar refractivity (Wildman–Crippen MR) is 89.3 cm³/mol. The van der Waals surface area contributed by atoms with Crippen molar-refractivity contribution in [3.63, 3.8) is 0 Å². The van der Waals surface area contributed by atoms with Crippen molar-refractivity contribution in [3.05, 3.63) is 44.6 Å². The zero-order valence-corrected chi connectivity index (χ0v) is 13.5. The van der Waals surface area contributed by atoms with Gasteiger partial charge in [0.15, 0.2) is 11.5 Å². The maximum Gasteiger partial charge on any atom is 0.342 e. The molecule has 25 heavy (non-hydrogen) atoms. The van der Waals surface area contributed by atoms with Crippen LogP contribution in [0.15, 0.2) is 32.9 Å². The number of hydrazone groups is 1. The number of methoxy groups -OCH3 is 2. The molecule has 1 heterocycles. The summed E-state index contributed by atoms with van der Waals surface area (Å²) in [6.07, 6.45) is 1.39. The second-order valence-electron chi connectivity index (χ2n) is 4.58. The zero-order chi connectivity index (χ0) is 18.2. The molecule has 0 bridgehead atoms. The minimum absolute atomic E-state index is 0.187. The van der Waals surface area contributed by atoms with E-state index in [1.165, 1.54) is 20.4 Å². The molecule has 0 atom stereocenters. The smallest absolute Gasteiger partial charge is 0.342 e. The highest BCUT2D eigenvalue weighted by Gasteiger charge is 2.08. The molecule has 0 aliphatic carbocycles. The highest BCUT2D eigenvalue weighted by Crippen LogP contribution is 2.29. The van der Waals surface area contributed by atoms with Gasteiger partial charge in [0.25, 0.3) is 11.5 Å². The lowest BCUT2D eigenvalue weighted by Gasteiger charge is -2.09. The SMILES string of the molecule is COc1cccc(/C=N\NC(=O)CNc2n[nH]c(=O)[nH]c2=O)c1OC. The average Bonchev–Trinajstić information content (AvgIpc) is 2.60. The van der Waals surface area contributed by atoms with Crippen molar-refractivity contribution >= 4 is 17.9 Å². The molecule has 4 N–H and O–H groups in total. The van der Waals surface area contributed by atoms with E-state index in [0.29, 0.717) is 17.1 Å². The van der Waals surface area contributed by atoms with Crippen molar-refractivity contribution in [1.29, 1.82) is 0 Å². The van der Waals surface area contributed by atoms with E-state index in [2.05, 4.69) is 20.9 Å². The molecule has 0 spiro atoms. The number of carbonyl (C=O) groups excluding carboxylic acids is 1. The molecule has 0 aliphatic heterocycles. The number of ether oxygens (including phenoxy) is 2. The summed E-state index contributed by atoms with van der Waals surface area (Å²) in [4.78, 5) is 35.9. The summed E-state index contributed by atoms with van der Waals surface area (Å²) in [5.74, 6) is 0.298. The molecule has 1 aromatic heterocycles. The van der Waals surface area contributed by atoms with Gasteiger partial charge >= 0.3 is 5.69 Å². The normalized spacial score (nSPS) is 10.5. The number of hydrogen-bond donors (Lipinski definition) is 4. The van der Waals surface area contributed by atoms with Gasteiger partial charge in [-0.1, -0.05) is 6.07 Å². The molecule has 0 aliphatic rings. The van der Waals surface area contributed by atoms with Gasteiger partial charge in [-0.15, -0.1) is 5.10 Å². The van der Waals surface area contributed by atoms with E-state index in [1.54, 1.807) is 18.2 Å². The number of carbonyl (C=O) groups is 1. The number of aromatic amines is 2. The average molecular weight is 348 g/mol. The van der Waals surface area contributed by atoms with Crippen LogP contribution in [0.25, 0.3) is 0 Å². The third-order valence-corrected chi connectivity index (χ3v) is 2.95. The molecular formula is C14H16N6O5. The molecular weight excluding hydrogens is 332 g/mol. The van der Waals surface area contributed by atoms with Crippen LogP contribution in [-0.2, 0) is 4.79 Å². The third-order valence-electron chi connectivity index (χ3n) is 2.95. The summed E-state index contributed by atoms with van der Waals surface area (Å²) in [6.45, 7) is -0.269. The van der Waals surface area contributed by atoms with E-state index < -0.39 is 17.2 Å². The maximum atomic E-state index is 11.7. The Morgan fingerprint density at radius 1 is 1.32 bits per heavy atom. The van der Waals surface area contributed by atoms with Gasteiger partial charge in [0.2, 0.25) is 5.82 Å². The first-order valence-corrected chi connectivity index (χ1v) is 7.01. The van der Waals surface area contributed by atoms with Crippen LogP contribution in [0, 0.1) is 0 Å². The van der Waals surface area contributed by atoms with Gasteiger partial charge in [-0.2, -0.15) is 5.10 Å². The lowest BCUT2D eigenvalue weighted by molar-refractivity contribution is -0.119. The van der Waals surface area contributed by atoms with E-state index in [-0.39, 0.29) is 12.4 Å². The lowest BCUT2D eigenvalue weighted by atomic mass is 10.2. The molecule has 0 unspecified atom stereocenters. The van der Waals surface area contributed by atoms with Crippen molar-refractivity contribution in [2.75, 3.05) is 26.1 Å². The minimum Gasteiger partial charge on any atom is -0.493 e. The lowest BCUT2D eigenvalue weighted by Crippen LogP contribution is -2.31. The van der Waals surface area contributed by atoms with Crippen LogP contribution in [-0.4, -0.2) is 48.1 Å². The number of hydrogen-bond acceptors (Lipinski definition) is 8. The Labute approximate surface area is 141 Å². The monoisotopic (exact) mass is 348 g/mol. The Kier molecular flexibility index (Phi) is 5.87. The van der Waals surface area contributed by atoms with E-state index >= 15 is 0 Å². The molecule has 2 aromatic rings. The number of benzene rings is 1. The largest absolute Gasteiger partial charge is 0.493 e. The second kappa shape index (κ2) is 8.29. The number of para-hydroxylation sites is 1. The van der Waals surface area contributed by atoms with Gasteiger partial charge in [-0.3, -0.25) is 14.6 Å². The van der Waals surface area contributed by atoms with Gasteiger partial charge in [0.1, 0.15) is 0 Å². The van der Waals surface area contributed by atoms with Crippen LogP contribution in [0.1, 0.15) is 5.56 Å². The standard InChI is InChI=1S/C14H16N6O5/c1-24-9-5-3-4-8(11(9)25-2)6-16-18-10(21)7-15-12-13(22)17-14(23)20-19-12/h3-6H,7H2,1-2H3,(H,15,19)(H,18,21)(H2,17,20,22,23)/b16-6-. The number of aromatic nitrogens is 3. The van der Waals surface area contributed by atoms with Gasteiger partial charge in [-0.05, 0) is 12.1 Å². The quantitative estimate of drug-likeness (QED) is 0.371. The van der Waals surface area contributed by atoms with Crippen LogP contribution < -0.4 is 31.5 Å². The summed E-state index contributed by atoms with van der Waals surface area (Å²) in [5.41, 5.74) is 1.41. The van der Waals surface area contributed by atoms with Crippen LogP contribution in [0.4, 0.5) is 5.82 Å². The summed E-state index contributed by atoms with van der Waals surface area (Å²) >= 11 is 0. The van der Waals surface area contributed by atoms with Gasteiger partial charge in [-0.25, -0.2) is 15.3 Å². The van der Waals surface area contributed by atoms with Crippen molar-refractivity contribution in [1.82, 2.24) is 20.6 Å². The summed E-state index contributed by atoms with van der Waals surface area (Å²) in [7, 11) is 3.01. The van der Waals surface area contributed by atoms with Crippen LogP contribution in [0.2, 0.25) is 0 Å². The minimum atomic E-state index is -0.739. The second-order valence-corrected chi connectivity index (χ2v) is 4.58. The maximum absolute atomic E-state index is 11.7. The first-order chi connectivity index (χ1) is 12.0. The van der Waals surface area contributed by atoms with Gasteiger partial charge < -0.3 is 14.8 Å². The number of amides is 1. The van der Waals surface area contributed by atoms with Crippen molar-refractivity contribution in [3.8, 4) is 11.5 Å². The first kappa shape index (κ1) is 17.7. The molecule has 0 saturated heterocycles. The van der Waals surface area contributed by atoms with Crippen LogP contribution in [0.5, 0.6) is 11.5 Å². The Morgan fingerprint density at radius 2 is 2.12 bits per heavy atom. The predicted octanol–water partition coefficient (Wildman–Crippen LogP) is -0.962. The fourth-order valence-electron chi connectivity index (χ4n) is 1.86. The molecule has 2 rings (SSSR count). The first-order valence-electron chi connectivity index (χ1n) is 7.01. The van der Waals surface area contributed by atoms with Crippen LogP contribution in [0.3, 0.4) is 0 Å². The highest BCUT2D eigenvalue weighted by atomic mass is 16.5.